The summed E-state index contributed by atoms with van der Waals surface area (Å²) >= 11 is 3.33. The molecule has 0 bridgehead atoms. The summed E-state index contributed by atoms with van der Waals surface area (Å²) in [5.74, 6) is -0.112. The molecule has 20 heavy (non-hydrogen) atoms. The molecular weight excluding hydrogens is 328 g/mol. The predicted molar refractivity (Wildman–Crippen MR) is 74.0 cm³/mol. The number of nitrogens with two attached hydrogens (primary N) is 1. The van der Waals surface area contributed by atoms with Gasteiger partial charge in [0.1, 0.15) is 12.2 Å². The van der Waals surface area contributed by atoms with Crippen molar-refractivity contribution in [3.8, 4) is 0 Å². The summed E-state index contributed by atoms with van der Waals surface area (Å²) in [4.78, 5) is 12.3. The lowest BCUT2D eigenvalue weighted by Crippen LogP contribution is -2.18. The van der Waals surface area contributed by atoms with Gasteiger partial charge in [0.15, 0.2) is 0 Å². The number of Topliss-reactive ketones (excluding diaryl/α,β-unsaturated/α-hetero) is 1. The minimum atomic E-state index is -0.112. The molecule has 0 unspecified atom stereocenters. The maximum absolute atomic E-state index is 12.3. The molecule has 9 heteroatoms. The van der Waals surface area contributed by atoms with Gasteiger partial charge in [0.25, 0.3) is 0 Å². The Bertz CT molecular complexity index is 594. The van der Waals surface area contributed by atoms with Crippen LogP contribution in [0.25, 0.3) is 0 Å². The molecule has 0 amide bonds. The maximum atomic E-state index is 12.3. The third-order valence-corrected chi connectivity index (χ3v) is 3.25. The third-order valence-electron chi connectivity index (χ3n) is 2.67. The molecule has 0 aliphatic rings. The van der Waals surface area contributed by atoms with Crippen LogP contribution in [0, 0.1) is 0 Å². The van der Waals surface area contributed by atoms with Crippen LogP contribution >= 0.6 is 15.9 Å². The fourth-order valence-electron chi connectivity index (χ4n) is 1.72. The lowest BCUT2D eigenvalue weighted by Gasteiger charge is -2.06. The molecule has 2 aromatic rings. The number of nitrogens with zero attached hydrogens (tertiary/aromatic N) is 5. The highest BCUT2D eigenvalue weighted by atomic mass is 79.9. The van der Waals surface area contributed by atoms with Gasteiger partial charge >= 0.3 is 0 Å². The normalized spacial score (nSPS) is 10.9. The smallest absolute Gasteiger partial charge is 0.203 e. The van der Waals surface area contributed by atoms with Crippen LogP contribution in [0.2, 0.25) is 0 Å². The quantitative estimate of drug-likeness (QED) is 0.722. The highest BCUT2D eigenvalue weighted by Gasteiger charge is 2.18. The second-order valence-corrected chi connectivity index (χ2v) is 4.95. The van der Waals surface area contributed by atoms with Crippen molar-refractivity contribution in [2.24, 2.45) is 5.73 Å². The topological polar surface area (TPSA) is 101 Å². The van der Waals surface area contributed by atoms with Gasteiger partial charge in [-0.1, -0.05) is 5.21 Å². The van der Waals surface area contributed by atoms with E-state index in [1.54, 1.807) is 24.2 Å². The van der Waals surface area contributed by atoms with E-state index in [1.807, 2.05) is 0 Å². The lowest BCUT2D eigenvalue weighted by molar-refractivity contribution is 0.0952. The Morgan fingerprint density at radius 2 is 2.35 bits per heavy atom. The van der Waals surface area contributed by atoms with Gasteiger partial charge in [0.2, 0.25) is 5.78 Å². The first kappa shape index (κ1) is 14.8. The Morgan fingerprint density at radius 3 is 3.00 bits per heavy atom. The fourth-order valence-corrected chi connectivity index (χ4v) is 2.24. The number of hydrogen-bond donors (Lipinski definition) is 1. The average Bonchev–Trinajstić information content (AvgIpc) is 3.03. The van der Waals surface area contributed by atoms with E-state index >= 15 is 0 Å². The molecule has 0 saturated heterocycles. The van der Waals surface area contributed by atoms with Gasteiger partial charge < -0.3 is 10.5 Å². The Hall–Kier alpha value is -1.58. The Labute approximate surface area is 124 Å². The number of carbonyl (C=O) groups is 1. The molecule has 8 nitrogen and oxygen atoms in total. The summed E-state index contributed by atoms with van der Waals surface area (Å²) < 4.78 is 8.72. The third kappa shape index (κ3) is 3.30. The Kier molecular flexibility index (Phi) is 4.99. The van der Waals surface area contributed by atoms with Crippen LogP contribution in [0.1, 0.15) is 16.2 Å². The standard InChI is InChI=1S/C11H15BrN6O2/c1-20-3-2-18-11(9(12)5-14-18)10(19)7-17-6-8(4-13)15-16-17/h5-6H,2-4,7,13H2,1H3. The zero-order valence-electron chi connectivity index (χ0n) is 11.0. The average molecular weight is 343 g/mol. The van der Waals surface area contributed by atoms with Gasteiger partial charge in [-0.3, -0.25) is 9.48 Å². The number of hydrogen-bond acceptors (Lipinski definition) is 6. The van der Waals surface area contributed by atoms with E-state index in [4.69, 9.17) is 10.5 Å². The first-order chi connectivity index (χ1) is 9.65. The number of halogens is 1. The van der Waals surface area contributed by atoms with Crippen molar-refractivity contribution >= 4 is 21.7 Å². The number of rotatable bonds is 7. The number of carbonyl (C=O) groups excluding carboxylic acids is 1. The molecule has 0 radical (unpaired) electrons. The summed E-state index contributed by atoms with van der Waals surface area (Å²) in [6.45, 7) is 1.37. The molecule has 0 fully saturated rings. The van der Waals surface area contributed by atoms with Crippen LogP contribution < -0.4 is 5.73 Å². The predicted octanol–water partition coefficient (Wildman–Crippen LogP) is 0.225. The van der Waals surface area contributed by atoms with Crippen molar-refractivity contribution in [2.45, 2.75) is 19.6 Å². The number of ketones is 1. The zero-order valence-corrected chi connectivity index (χ0v) is 12.6. The van der Waals surface area contributed by atoms with E-state index in [2.05, 4.69) is 31.3 Å². The first-order valence-corrected chi connectivity index (χ1v) is 6.77. The molecule has 0 atom stereocenters. The van der Waals surface area contributed by atoms with Gasteiger partial charge in [-0.25, -0.2) is 4.68 Å². The van der Waals surface area contributed by atoms with Crippen molar-refractivity contribution in [3.05, 3.63) is 28.3 Å². The molecule has 0 aromatic carbocycles. The molecule has 2 rings (SSSR count). The minimum absolute atomic E-state index is 0.0876. The fraction of sp³-hybridized carbons (Fsp3) is 0.455. The van der Waals surface area contributed by atoms with Gasteiger partial charge in [0.05, 0.1) is 35.7 Å². The Morgan fingerprint density at radius 1 is 1.55 bits per heavy atom. The van der Waals surface area contributed by atoms with E-state index in [-0.39, 0.29) is 12.3 Å². The van der Waals surface area contributed by atoms with Crippen LogP contribution in [0.5, 0.6) is 0 Å². The van der Waals surface area contributed by atoms with E-state index in [0.717, 1.165) is 0 Å². The van der Waals surface area contributed by atoms with E-state index in [0.29, 0.717) is 35.6 Å². The van der Waals surface area contributed by atoms with Gasteiger partial charge in [-0.15, -0.1) is 5.10 Å². The molecular formula is C11H15BrN6O2. The van der Waals surface area contributed by atoms with E-state index in [9.17, 15) is 4.79 Å². The highest BCUT2D eigenvalue weighted by Crippen LogP contribution is 2.17. The summed E-state index contributed by atoms with van der Waals surface area (Å²) in [6.07, 6.45) is 3.25. The number of methoxy groups -OCH3 is 1. The number of aromatic nitrogens is 5. The Balaban J connectivity index is 2.13. The number of ether oxygens (including phenoxy) is 1. The van der Waals surface area contributed by atoms with Crippen molar-refractivity contribution in [2.75, 3.05) is 13.7 Å². The van der Waals surface area contributed by atoms with E-state index < -0.39 is 0 Å². The summed E-state index contributed by atoms with van der Waals surface area (Å²) in [6, 6.07) is 0. The first-order valence-electron chi connectivity index (χ1n) is 5.98. The van der Waals surface area contributed by atoms with Crippen molar-refractivity contribution in [1.82, 2.24) is 24.8 Å². The van der Waals surface area contributed by atoms with Crippen molar-refractivity contribution < 1.29 is 9.53 Å². The zero-order chi connectivity index (χ0) is 14.5. The molecule has 0 aliphatic heterocycles. The lowest BCUT2D eigenvalue weighted by atomic mass is 10.3. The summed E-state index contributed by atoms with van der Waals surface area (Å²) in [5, 5.41) is 11.8. The van der Waals surface area contributed by atoms with Crippen molar-refractivity contribution in [3.63, 3.8) is 0 Å². The van der Waals surface area contributed by atoms with Crippen LogP contribution in [-0.2, 0) is 24.4 Å². The molecule has 2 heterocycles. The monoisotopic (exact) mass is 342 g/mol. The minimum Gasteiger partial charge on any atom is -0.383 e. The second kappa shape index (κ2) is 6.73. The maximum Gasteiger partial charge on any atom is 0.203 e. The second-order valence-electron chi connectivity index (χ2n) is 4.09. The van der Waals surface area contributed by atoms with Crippen LogP contribution in [0.4, 0.5) is 0 Å². The molecule has 0 aliphatic carbocycles. The molecule has 0 saturated carbocycles. The van der Waals surface area contributed by atoms with Gasteiger partial charge in [0, 0.05) is 13.7 Å². The van der Waals surface area contributed by atoms with Gasteiger partial charge in [-0.05, 0) is 15.9 Å². The van der Waals surface area contributed by atoms with E-state index in [1.165, 1.54) is 4.68 Å². The molecule has 2 aromatic heterocycles. The summed E-state index contributed by atoms with van der Waals surface area (Å²) in [7, 11) is 1.60. The van der Waals surface area contributed by atoms with Crippen LogP contribution in [0.15, 0.2) is 16.9 Å². The SMILES string of the molecule is COCCn1ncc(Br)c1C(=O)Cn1cc(CN)nn1. The molecule has 108 valence electrons. The summed E-state index contributed by atoms with van der Waals surface area (Å²) in [5.41, 5.74) is 6.59. The molecule has 2 N–H and O–H groups in total. The van der Waals surface area contributed by atoms with Crippen LogP contribution in [-0.4, -0.2) is 44.3 Å². The highest BCUT2D eigenvalue weighted by molar-refractivity contribution is 9.10. The van der Waals surface area contributed by atoms with Crippen molar-refractivity contribution in [1.29, 1.82) is 0 Å². The van der Waals surface area contributed by atoms with Crippen LogP contribution in [0.3, 0.4) is 0 Å². The van der Waals surface area contributed by atoms with Gasteiger partial charge in [-0.2, -0.15) is 5.10 Å². The molecule has 0 spiro atoms. The largest absolute Gasteiger partial charge is 0.383 e.